The third kappa shape index (κ3) is 4.80. The van der Waals surface area contributed by atoms with E-state index in [1.165, 1.54) is 5.57 Å². The quantitative estimate of drug-likeness (QED) is 0.560. The molecule has 1 amide bonds. The highest BCUT2D eigenvalue weighted by atomic mass is 19.4. The summed E-state index contributed by atoms with van der Waals surface area (Å²) in [5.74, 6) is 0.0693. The maximum atomic E-state index is 12.5. The van der Waals surface area contributed by atoms with Gasteiger partial charge in [0.2, 0.25) is 0 Å². The molecule has 10 heteroatoms. The van der Waals surface area contributed by atoms with Gasteiger partial charge in [-0.3, -0.25) is 4.90 Å². The zero-order valence-corrected chi connectivity index (χ0v) is 13.8. The number of halogens is 6. The monoisotopic (exact) mass is 374 g/mol. The van der Waals surface area contributed by atoms with E-state index in [-0.39, 0.29) is 24.9 Å². The van der Waals surface area contributed by atoms with Crippen molar-refractivity contribution in [2.45, 2.75) is 32.3 Å². The van der Waals surface area contributed by atoms with E-state index < -0.39 is 24.5 Å². The van der Waals surface area contributed by atoms with Gasteiger partial charge in [0.1, 0.15) is 0 Å². The minimum atomic E-state index is -5.69. The molecule has 2 rings (SSSR count). The molecule has 2 heterocycles. The number of hydrogen-bond acceptors (Lipinski definition) is 3. The summed E-state index contributed by atoms with van der Waals surface area (Å²) in [4.78, 5) is 14.9. The molecule has 2 saturated heterocycles. The van der Waals surface area contributed by atoms with Crippen molar-refractivity contribution in [3.8, 4) is 0 Å². The Bertz CT molecular complexity index is 503. The minimum absolute atomic E-state index is 0.0347. The lowest BCUT2D eigenvalue weighted by molar-refractivity contribution is -0.308. The predicted molar refractivity (Wildman–Crippen MR) is 76.8 cm³/mol. The average molecular weight is 374 g/mol. The van der Waals surface area contributed by atoms with E-state index in [1.54, 1.807) is 0 Å². The molecule has 2 atom stereocenters. The van der Waals surface area contributed by atoms with Crippen LogP contribution in [0.25, 0.3) is 0 Å². The Morgan fingerprint density at radius 1 is 1.08 bits per heavy atom. The van der Waals surface area contributed by atoms with E-state index in [9.17, 15) is 31.1 Å². The summed E-state index contributed by atoms with van der Waals surface area (Å²) in [5, 5.41) is 0. The maximum Gasteiger partial charge on any atom is 0.434 e. The Balaban J connectivity index is 1.92. The molecule has 2 unspecified atom stereocenters. The molecule has 0 aromatic rings. The van der Waals surface area contributed by atoms with Crippen molar-refractivity contribution >= 4 is 6.09 Å². The van der Waals surface area contributed by atoms with E-state index in [0.717, 1.165) is 11.4 Å². The summed E-state index contributed by atoms with van der Waals surface area (Å²) in [5.41, 5.74) is 1.18. The van der Waals surface area contributed by atoms with Crippen molar-refractivity contribution < 1.29 is 35.9 Å². The number of amides is 1. The number of nitrogens with zero attached hydrogens (tertiary/aromatic N) is 2. The normalized spacial score (nSPS) is 25.6. The predicted octanol–water partition coefficient (Wildman–Crippen LogP) is 3.45. The van der Waals surface area contributed by atoms with Crippen molar-refractivity contribution in [2.75, 3.05) is 32.7 Å². The van der Waals surface area contributed by atoms with Crippen LogP contribution in [0.3, 0.4) is 0 Å². The summed E-state index contributed by atoms with van der Waals surface area (Å²) in [6.45, 7) is 6.18. The van der Waals surface area contributed by atoms with Gasteiger partial charge in [0.25, 0.3) is 6.10 Å². The highest BCUT2D eigenvalue weighted by Gasteiger charge is 2.60. The van der Waals surface area contributed by atoms with E-state index in [1.807, 2.05) is 19.9 Å². The second-order valence-electron chi connectivity index (χ2n) is 6.60. The molecule has 0 saturated carbocycles. The van der Waals surface area contributed by atoms with Crippen LogP contribution in [0.1, 0.15) is 13.8 Å². The molecular weight excluding hydrogens is 354 g/mol. The Morgan fingerprint density at radius 3 is 1.96 bits per heavy atom. The number of hydrogen-bond donors (Lipinski definition) is 0. The van der Waals surface area contributed by atoms with Gasteiger partial charge in [-0.2, -0.15) is 26.3 Å². The smallest absolute Gasteiger partial charge is 0.426 e. The number of likely N-dealkylation sites (tertiary alicyclic amines) is 2. The molecule has 0 aliphatic carbocycles. The van der Waals surface area contributed by atoms with Gasteiger partial charge in [-0.1, -0.05) is 11.6 Å². The lowest BCUT2D eigenvalue weighted by atomic mass is 10.0. The van der Waals surface area contributed by atoms with E-state index in [4.69, 9.17) is 0 Å². The number of carbonyl (C=O) groups is 1. The molecule has 0 aromatic carbocycles. The van der Waals surface area contributed by atoms with Crippen LogP contribution in [0.15, 0.2) is 11.6 Å². The van der Waals surface area contributed by atoms with Gasteiger partial charge in [-0.25, -0.2) is 4.79 Å². The molecule has 0 radical (unpaired) electrons. The first-order valence-electron chi connectivity index (χ1n) is 7.85. The topological polar surface area (TPSA) is 32.8 Å². The van der Waals surface area contributed by atoms with Gasteiger partial charge >= 0.3 is 18.4 Å². The van der Waals surface area contributed by atoms with Gasteiger partial charge in [-0.05, 0) is 25.7 Å². The minimum Gasteiger partial charge on any atom is -0.426 e. The third-order valence-corrected chi connectivity index (χ3v) is 4.60. The van der Waals surface area contributed by atoms with Crippen LogP contribution in [-0.2, 0) is 4.74 Å². The summed E-state index contributed by atoms with van der Waals surface area (Å²) >= 11 is 0. The van der Waals surface area contributed by atoms with Crippen LogP contribution in [0.2, 0.25) is 0 Å². The number of fused-ring (bicyclic) bond motifs is 1. The summed E-state index contributed by atoms with van der Waals surface area (Å²) in [6.07, 6.45) is -15.1. The fourth-order valence-electron chi connectivity index (χ4n) is 3.31. The highest BCUT2D eigenvalue weighted by Crippen LogP contribution is 2.37. The first kappa shape index (κ1) is 19.9. The van der Waals surface area contributed by atoms with Crippen molar-refractivity contribution in [1.82, 2.24) is 9.80 Å². The molecule has 0 bridgehead atoms. The van der Waals surface area contributed by atoms with Gasteiger partial charge < -0.3 is 9.64 Å². The molecule has 0 spiro atoms. The lowest BCUT2D eigenvalue weighted by Crippen LogP contribution is -2.48. The van der Waals surface area contributed by atoms with Crippen LogP contribution in [-0.4, -0.2) is 67.1 Å². The Labute approximate surface area is 141 Å². The summed E-state index contributed by atoms with van der Waals surface area (Å²) < 4.78 is 78.6. The number of ether oxygens (including phenoxy) is 1. The van der Waals surface area contributed by atoms with Gasteiger partial charge in [-0.15, -0.1) is 0 Å². The summed E-state index contributed by atoms with van der Waals surface area (Å²) in [6, 6.07) is 0. The SMILES string of the molecule is CC=C(C)CN1CC2CN(C(=O)OC(C(F)(F)F)C(F)(F)F)CC2C1. The molecule has 2 aliphatic rings. The van der Waals surface area contributed by atoms with Crippen molar-refractivity contribution in [3.05, 3.63) is 11.6 Å². The Morgan fingerprint density at radius 2 is 1.56 bits per heavy atom. The fraction of sp³-hybridized carbons (Fsp3) is 0.800. The number of rotatable bonds is 3. The molecule has 0 aromatic heterocycles. The Hall–Kier alpha value is -1.45. The molecule has 2 aliphatic heterocycles. The van der Waals surface area contributed by atoms with Crippen LogP contribution < -0.4 is 0 Å². The molecule has 25 heavy (non-hydrogen) atoms. The lowest BCUT2D eigenvalue weighted by Gasteiger charge is -2.26. The second-order valence-corrected chi connectivity index (χ2v) is 6.60. The zero-order chi connectivity index (χ0) is 19.0. The fourth-order valence-corrected chi connectivity index (χ4v) is 3.31. The number of allylic oxidation sites excluding steroid dienone is 1. The molecule has 0 N–H and O–H groups in total. The number of alkyl halides is 6. The van der Waals surface area contributed by atoms with Crippen molar-refractivity contribution in [2.24, 2.45) is 11.8 Å². The standard InChI is InChI=1S/C15H20F6N2O2/c1-3-9(2)4-22-5-10-7-23(8-11(10)6-22)13(24)25-12(14(16,17)18)15(19,20)21/h3,10-12H,4-8H2,1-2H3. The van der Waals surface area contributed by atoms with E-state index in [2.05, 4.69) is 9.64 Å². The van der Waals surface area contributed by atoms with E-state index in [0.29, 0.717) is 13.1 Å². The largest absolute Gasteiger partial charge is 0.434 e. The van der Waals surface area contributed by atoms with Crippen LogP contribution in [0, 0.1) is 11.8 Å². The van der Waals surface area contributed by atoms with Crippen LogP contribution in [0.4, 0.5) is 31.1 Å². The summed E-state index contributed by atoms with van der Waals surface area (Å²) in [7, 11) is 0. The van der Waals surface area contributed by atoms with Crippen LogP contribution in [0.5, 0.6) is 0 Å². The molecule has 144 valence electrons. The van der Waals surface area contributed by atoms with Crippen molar-refractivity contribution in [1.29, 1.82) is 0 Å². The molecule has 4 nitrogen and oxygen atoms in total. The molecular formula is C15H20F6N2O2. The second kappa shape index (κ2) is 7.05. The van der Waals surface area contributed by atoms with Gasteiger partial charge in [0.05, 0.1) is 0 Å². The van der Waals surface area contributed by atoms with Crippen molar-refractivity contribution in [3.63, 3.8) is 0 Å². The average Bonchev–Trinajstić information content (AvgIpc) is 2.99. The third-order valence-electron chi connectivity index (χ3n) is 4.60. The van der Waals surface area contributed by atoms with Crippen LogP contribution >= 0.6 is 0 Å². The van der Waals surface area contributed by atoms with Gasteiger partial charge in [0, 0.05) is 32.7 Å². The Kier molecular flexibility index (Phi) is 5.60. The first-order valence-corrected chi connectivity index (χ1v) is 7.85. The number of carbonyl (C=O) groups excluding carboxylic acids is 1. The molecule has 2 fully saturated rings. The first-order chi connectivity index (χ1) is 11.4. The van der Waals surface area contributed by atoms with E-state index >= 15 is 0 Å². The zero-order valence-electron chi connectivity index (χ0n) is 13.8. The van der Waals surface area contributed by atoms with Gasteiger partial charge in [0.15, 0.2) is 0 Å². The maximum absolute atomic E-state index is 12.5. The highest BCUT2D eigenvalue weighted by molar-refractivity contribution is 5.68.